The summed E-state index contributed by atoms with van der Waals surface area (Å²) >= 11 is 0. The molecule has 1 fully saturated rings. The average molecular weight is 264 g/mol. The smallest absolute Gasteiger partial charge is 0.189 e. The topological polar surface area (TPSA) is 63.3 Å². The fourth-order valence-corrected chi connectivity index (χ4v) is 2.37. The maximum Gasteiger partial charge on any atom is 0.189 e. The third kappa shape index (κ3) is 4.50. The van der Waals surface area contributed by atoms with Crippen molar-refractivity contribution in [3.63, 3.8) is 0 Å². The van der Waals surface area contributed by atoms with Crippen LogP contribution in [0.4, 0.5) is 4.39 Å². The van der Waals surface area contributed by atoms with Gasteiger partial charge in [0.2, 0.25) is 0 Å². The Hall–Kier alpha value is -1.65. The number of rotatable bonds is 3. The number of nitrogens with one attached hydrogen (secondary N) is 1. The highest BCUT2D eigenvalue weighted by Crippen LogP contribution is 2.16. The summed E-state index contributed by atoms with van der Waals surface area (Å²) in [6.45, 7) is 0.179. The summed E-state index contributed by atoms with van der Waals surface area (Å²) in [4.78, 5) is 8.11. The van der Waals surface area contributed by atoms with Crippen molar-refractivity contribution in [1.29, 1.82) is 0 Å². The minimum Gasteiger partial charge on any atom is -0.370 e. The molecule has 1 aromatic heterocycles. The molecule has 0 radical (unpaired) electrons. The second kappa shape index (κ2) is 7.07. The number of aromatic nitrogens is 1. The van der Waals surface area contributed by atoms with E-state index in [4.69, 9.17) is 5.73 Å². The molecule has 1 saturated carbocycles. The van der Waals surface area contributed by atoms with E-state index in [9.17, 15) is 4.39 Å². The summed E-state index contributed by atoms with van der Waals surface area (Å²) < 4.78 is 13.4. The van der Waals surface area contributed by atoms with Gasteiger partial charge < -0.3 is 11.1 Å². The maximum atomic E-state index is 13.4. The normalized spacial score (nSPS) is 18.1. The van der Waals surface area contributed by atoms with Crippen LogP contribution in [0.25, 0.3) is 0 Å². The van der Waals surface area contributed by atoms with Crippen molar-refractivity contribution in [3.05, 3.63) is 29.8 Å². The Labute approximate surface area is 113 Å². The molecule has 1 aromatic rings. The van der Waals surface area contributed by atoms with E-state index in [1.54, 1.807) is 12.3 Å². The van der Waals surface area contributed by atoms with Crippen molar-refractivity contribution in [1.82, 2.24) is 10.3 Å². The van der Waals surface area contributed by atoms with Crippen LogP contribution >= 0.6 is 0 Å². The van der Waals surface area contributed by atoms with E-state index in [-0.39, 0.29) is 12.4 Å². The minimum absolute atomic E-state index is 0.179. The summed E-state index contributed by atoms with van der Waals surface area (Å²) in [6, 6.07) is 3.35. The summed E-state index contributed by atoms with van der Waals surface area (Å²) in [7, 11) is 0. The highest BCUT2D eigenvalue weighted by Gasteiger charge is 2.12. The van der Waals surface area contributed by atoms with E-state index >= 15 is 0 Å². The van der Waals surface area contributed by atoms with Gasteiger partial charge in [0.05, 0.1) is 12.2 Å². The van der Waals surface area contributed by atoms with E-state index in [1.165, 1.54) is 31.7 Å². The van der Waals surface area contributed by atoms with Crippen LogP contribution in [0.15, 0.2) is 23.3 Å². The molecule has 0 amide bonds. The maximum absolute atomic E-state index is 13.4. The molecule has 1 aliphatic carbocycles. The van der Waals surface area contributed by atoms with Crippen LogP contribution in [0.5, 0.6) is 0 Å². The molecule has 104 valence electrons. The van der Waals surface area contributed by atoms with Gasteiger partial charge >= 0.3 is 0 Å². The Morgan fingerprint density at radius 1 is 1.37 bits per heavy atom. The van der Waals surface area contributed by atoms with Crippen molar-refractivity contribution in [2.75, 3.05) is 0 Å². The van der Waals surface area contributed by atoms with Gasteiger partial charge in [0.25, 0.3) is 0 Å². The molecule has 0 aliphatic heterocycles. The average Bonchev–Trinajstić information content (AvgIpc) is 2.66. The van der Waals surface area contributed by atoms with Crippen molar-refractivity contribution in [3.8, 4) is 0 Å². The second-order valence-corrected chi connectivity index (χ2v) is 4.97. The zero-order valence-corrected chi connectivity index (χ0v) is 11.1. The van der Waals surface area contributed by atoms with Gasteiger partial charge in [-0.25, -0.2) is 9.38 Å². The fourth-order valence-electron chi connectivity index (χ4n) is 2.37. The number of halogens is 1. The molecule has 3 N–H and O–H groups in total. The van der Waals surface area contributed by atoms with Gasteiger partial charge in [-0.1, -0.05) is 25.7 Å². The quantitative estimate of drug-likeness (QED) is 0.500. The Bertz CT molecular complexity index is 425. The molecule has 1 heterocycles. The first-order valence-electron chi connectivity index (χ1n) is 6.91. The largest absolute Gasteiger partial charge is 0.370 e. The van der Waals surface area contributed by atoms with E-state index in [0.29, 0.717) is 17.7 Å². The lowest BCUT2D eigenvalue weighted by Gasteiger charge is -2.16. The summed E-state index contributed by atoms with van der Waals surface area (Å²) in [5.74, 6) is 0.0467. The monoisotopic (exact) mass is 264 g/mol. The molecule has 0 unspecified atom stereocenters. The molecule has 0 aromatic carbocycles. The van der Waals surface area contributed by atoms with Crippen LogP contribution < -0.4 is 11.1 Å². The molecular weight excluding hydrogens is 243 g/mol. The molecule has 0 spiro atoms. The fraction of sp³-hybridized carbons (Fsp3) is 0.571. The predicted octanol–water partition coefficient (Wildman–Crippen LogP) is 2.35. The molecule has 0 bridgehead atoms. The van der Waals surface area contributed by atoms with E-state index in [2.05, 4.69) is 15.3 Å². The number of nitrogens with zero attached hydrogens (tertiary/aromatic N) is 2. The standard InChI is InChI=1S/C14H21FN4/c15-12-8-5-9-17-13(12)10-18-14(16)19-11-6-3-1-2-4-7-11/h5,8-9,11H,1-4,6-7,10H2,(H3,16,18,19). The molecule has 1 aliphatic rings. The third-order valence-electron chi connectivity index (χ3n) is 3.44. The number of hydrogen-bond donors (Lipinski definition) is 2. The Morgan fingerprint density at radius 2 is 2.11 bits per heavy atom. The number of guanidine groups is 1. The molecule has 19 heavy (non-hydrogen) atoms. The third-order valence-corrected chi connectivity index (χ3v) is 3.44. The van der Waals surface area contributed by atoms with Crippen molar-refractivity contribution >= 4 is 5.96 Å². The van der Waals surface area contributed by atoms with Crippen LogP contribution in [-0.4, -0.2) is 17.0 Å². The van der Waals surface area contributed by atoms with Crippen molar-refractivity contribution < 1.29 is 4.39 Å². The zero-order chi connectivity index (χ0) is 13.5. The molecule has 5 heteroatoms. The van der Waals surface area contributed by atoms with Crippen molar-refractivity contribution in [2.45, 2.75) is 51.1 Å². The first-order valence-corrected chi connectivity index (χ1v) is 6.91. The highest BCUT2D eigenvalue weighted by molar-refractivity contribution is 5.78. The second-order valence-electron chi connectivity index (χ2n) is 4.97. The Balaban J connectivity index is 1.86. The lowest BCUT2D eigenvalue weighted by atomic mass is 10.1. The van der Waals surface area contributed by atoms with Gasteiger partial charge in [0.15, 0.2) is 5.96 Å². The number of nitrogens with two attached hydrogens (primary N) is 1. The molecule has 4 nitrogen and oxygen atoms in total. The van der Waals surface area contributed by atoms with E-state index in [0.717, 1.165) is 12.8 Å². The molecular formula is C14H21FN4. The van der Waals surface area contributed by atoms with Gasteiger partial charge in [-0.05, 0) is 25.0 Å². The van der Waals surface area contributed by atoms with E-state index < -0.39 is 0 Å². The lowest BCUT2D eigenvalue weighted by molar-refractivity contribution is 0.529. The van der Waals surface area contributed by atoms with Gasteiger partial charge in [0.1, 0.15) is 5.82 Å². The molecule has 0 atom stereocenters. The molecule has 2 rings (SSSR count). The Kier molecular flexibility index (Phi) is 5.12. The first-order chi connectivity index (χ1) is 9.25. The van der Waals surface area contributed by atoms with E-state index in [1.807, 2.05) is 0 Å². The first kappa shape index (κ1) is 13.8. The van der Waals surface area contributed by atoms with Crippen LogP contribution in [0, 0.1) is 5.82 Å². The number of hydrogen-bond acceptors (Lipinski definition) is 2. The van der Waals surface area contributed by atoms with Crippen LogP contribution in [-0.2, 0) is 6.54 Å². The van der Waals surface area contributed by atoms with Crippen LogP contribution in [0.1, 0.15) is 44.2 Å². The van der Waals surface area contributed by atoms with Gasteiger partial charge in [-0.2, -0.15) is 0 Å². The van der Waals surface area contributed by atoms with Crippen LogP contribution in [0.3, 0.4) is 0 Å². The summed E-state index contributed by atoms with van der Waals surface area (Å²) in [5.41, 5.74) is 6.17. The zero-order valence-electron chi connectivity index (χ0n) is 11.1. The Morgan fingerprint density at radius 3 is 2.79 bits per heavy atom. The predicted molar refractivity (Wildman–Crippen MR) is 74.1 cm³/mol. The number of aliphatic imine (C=N–C) groups is 1. The van der Waals surface area contributed by atoms with Gasteiger partial charge in [-0.3, -0.25) is 4.98 Å². The minimum atomic E-state index is -0.339. The van der Waals surface area contributed by atoms with Gasteiger partial charge in [-0.15, -0.1) is 0 Å². The summed E-state index contributed by atoms with van der Waals surface area (Å²) in [5, 5.41) is 3.23. The van der Waals surface area contributed by atoms with Gasteiger partial charge in [0, 0.05) is 12.2 Å². The lowest BCUT2D eigenvalue weighted by Crippen LogP contribution is -2.39. The SMILES string of the molecule is NC(=NCc1ncccc1F)NC1CCCCCC1. The van der Waals surface area contributed by atoms with Crippen LogP contribution in [0.2, 0.25) is 0 Å². The number of pyridine rings is 1. The highest BCUT2D eigenvalue weighted by atomic mass is 19.1. The van der Waals surface area contributed by atoms with Crippen molar-refractivity contribution in [2.24, 2.45) is 10.7 Å². The molecule has 0 saturated heterocycles. The summed E-state index contributed by atoms with van der Waals surface area (Å²) in [6.07, 6.45) is 8.90.